The number of rotatable bonds is 3. The van der Waals surface area contributed by atoms with E-state index in [1.165, 1.54) is 32.1 Å². The molecule has 1 saturated carbocycles. The predicted octanol–water partition coefficient (Wildman–Crippen LogP) is 2.74. The molecule has 3 heteroatoms. The van der Waals surface area contributed by atoms with Crippen LogP contribution in [0, 0.1) is 5.41 Å². The monoisotopic (exact) mass is 212 g/mol. The van der Waals surface area contributed by atoms with Crippen LogP contribution in [0.1, 0.15) is 38.5 Å². The number of hydrogen-bond acceptors (Lipinski definition) is 2. The van der Waals surface area contributed by atoms with Crippen LogP contribution in [0.4, 0.5) is 0 Å². The Morgan fingerprint density at radius 1 is 1.36 bits per heavy atom. The van der Waals surface area contributed by atoms with Crippen molar-refractivity contribution in [1.29, 1.82) is 5.41 Å². The van der Waals surface area contributed by atoms with Gasteiger partial charge in [0.2, 0.25) is 0 Å². The number of thioether (sulfide) groups is 1. The van der Waals surface area contributed by atoms with E-state index in [1.807, 2.05) is 11.8 Å². The summed E-state index contributed by atoms with van der Waals surface area (Å²) >= 11 is 2.03. The van der Waals surface area contributed by atoms with Gasteiger partial charge in [0.05, 0.1) is 5.84 Å². The summed E-state index contributed by atoms with van der Waals surface area (Å²) in [4.78, 5) is 2.31. The van der Waals surface area contributed by atoms with E-state index in [1.54, 1.807) is 0 Å². The molecule has 0 bridgehead atoms. The normalized spacial score (nSPS) is 26.1. The van der Waals surface area contributed by atoms with Gasteiger partial charge in [-0.05, 0) is 25.5 Å². The highest BCUT2D eigenvalue weighted by Gasteiger charge is 2.36. The number of nitrogens with one attached hydrogen (secondary N) is 1. The molecule has 1 N–H and O–H groups in total. The summed E-state index contributed by atoms with van der Waals surface area (Å²) in [6, 6.07) is 0. The lowest BCUT2D eigenvalue weighted by Gasteiger charge is -2.32. The molecule has 1 aliphatic carbocycles. The molecule has 0 aromatic rings. The minimum atomic E-state index is 0.483. The van der Waals surface area contributed by atoms with Gasteiger partial charge in [0.15, 0.2) is 0 Å². The lowest BCUT2D eigenvalue weighted by molar-refractivity contribution is 0.386. The molecule has 2 rings (SSSR count). The van der Waals surface area contributed by atoms with E-state index in [4.69, 9.17) is 5.41 Å². The number of nitrogens with zero attached hydrogens (tertiary/aromatic N) is 1. The zero-order valence-corrected chi connectivity index (χ0v) is 9.83. The highest BCUT2D eigenvalue weighted by Crippen LogP contribution is 2.41. The van der Waals surface area contributed by atoms with Crippen molar-refractivity contribution in [2.45, 2.75) is 43.3 Å². The van der Waals surface area contributed by atoms with Gasteiger partial charge in [-0.2, -0.15) is 11.8 Å². The Morgan fingerprint density at radius 3 is 2.57 bits per heavy atom. The highest BCUT2D eigenvalue weighted by molar-refractivity contribution is 8.00. The Balaban J connectivity index is 1.96. The van der Waals surface area contributed by atoms with Crippen LogP contribution in [0.5, 0.6) is 0 Å². The van der Waals surface area contributed by atoms with Crippen molar-refractivity contribution >= 4 is 17.6 Å². The molecule has 0 aromatic carbocycles. The first-order valence-corrected chi connectivity index (χ1v) is 6.86. The summed E-state index contributed by atoms with van der Waals surface area (Å²) in [6.45, 7) is 2.26. The molecule has 14 heavy (non-hydrogen) atoms. The van der Waals surface area contributed by atoms with Gasteiger partial charge in [0.1, 0.15) is 0 Å². The van der Waals surface area contributed by atoms with Crippen LogP contribution in [0.2, 0.25) is 0 Å². The maximum absolute atomic E-state index is 7.85. The molecule has 1 aliphatic heterocycles. The summed E-state index contributed by atoms with van der Waals surface area (Å²) < 4.78 is 0.483. The van der Waals surface area contributed by atoms with Crippen molar-refractivity contribution < 1.29 is 0 Å². The zero-order chi connectivity index (χ0) is 10.0. The maximum Gasteiger partial charge on any atom is 0.0958 e. The van der Waals surface area contributed by atoms with E-state index in [9.17, 15) is 0 Å². The molecule has 2 nitrogen and oxygen atoms in total. The van der Waals surface area contributed by atoms with Gasteiger partial charge in [-0.3, -0.25) is 5.41 Å². The average molecular weight is 212 g/mol. The van der Waals surface area contributed by atoms with Gasteiger partial charge in [0, 0.05) is 24.3 Å². The summed E-state index contributed by atoms with van der Waals surface area (Å²) in [7, 11) is 0. The van der Waals surface area contributed by atoms with Crippen molar-refractivity contribution in [3.63, 3.8) is 0 Å². The van der Waals surface area contributed by atoms with Gasteiger partial charge in [-0.25, -0.2) is 0 Å². The summed E-state index contributed by atoms with van der Waals surface area (Å²) in [5.41, 5.74) is 0. The molecule has 0 aromatic heterocycles. The molecule has 1 saturated heterocycles. The summed E-state index contributed by atoms with van der Waals surface area (Å²) in [5.74, 6) is 0.880. The van der Waals surface area contributed by atoms with Crippen molar-refractivity contribution in [3.05, 3.63) is 0 Å². The zero-order valence-electron chi connectivity index (χ0n) is 9.01. The molecular formula is C11H20N2S. The van der Waals surface area contributed by atoms with Gasteiger partial charge in [0.25, 0.3) is 0 Å². The quantitative estimate of drug-likeness (QED) is 0.779. The number of likely N-dealkylation sites (tertiary alicyclic amines) is 1. The summed E-state index contributed by atoms with van der Waals surface area (Å²) in [5, 5.41) is 7.85. The molecule has 80 valence electrons. The first kappa shape index (κ1) is 10.3. The SMILES string of the molecule is CSC1(CN2CCCC2=N)CCCC1. The highest BCUT2D eigenvalue weighted by atomic mass is 32.2. The Labute approximate surface area is 90.9 Å². The fourth-order valence-corrected chi connectivity index (χ4v) is 3.68. The van der Waals surface area contributed by atoms with Crippen LogP contribution in [-0.4, -0.2) is 34.8 Å². The van der Waals surface area contributed by atoms with Crippen LogP contribution in [0.3, 0.4) is 0 Å². The third-order valence-corrected chi connectivity index (χ3v) is 5.05. The van der Waals surface area contributed by atoms with Crippen LogP contribution < -0.4 is 0 Å². The lowest BCUT2D eigenvalue weighted by atomic mass is 10.1. The fraction of sp³-hybridized carbons (Fsp3) is 0.909. The standard InChI is InChI=1S/C11H20N2S/c1-14-11(6-2-3-7-11)9-13-8-4-5-10(13)12/h12H,2-9H2,1H3. The second kappa shape index (κ2) is 4.13. The minimum absolute atomic E-state index is 0.483. The molecule has 0 atom stereocenters. The molecule has 0 spiro atoms. The molecule has 1 heterocycles. The Hall–Kier alpha value is -0.180. The van der Waals surface area contributed by atoms with Crippen LogP contribution in [-0.2, 0) is 0 Å². The summed E-state index contributed by atoms with van der Waals surface area (Å²) in [6.07, 6.45) is 9.94. The molecule has 2 fully saturated rings. The average Bonchev–Trinajstić information content (AvgIpc) is 2.79. The van der Waals surface area contributed by atoms with E-state index >= 15 is 0 Å². The van der Waals surface area contributed by atoms with Gasteiger partial charge >= 0.3 is 0 Å². The Kier molecular flexibility index (Phi) is 3.05. The topological polar surface area (TPSA) is 27.1 Å². The van der Waals surface area contributed by atoms with Gasteiger partial charge < -0.3 is 4.90 Å². The van der Waals surface area contributed by atoms with Gasteiger partial charge in [-0.1, -0.05) is 12.8 Å². The van der Waals surface area contributed by atoms with Crippen molar-refractivity contribution in [3.8, 4) is 0 Å². The Bertz CT molecular complexity index is 221. The second-order valence-electron chi connectivity index (χ2n) is 4.57. The van der Waals surface area contributed by atoms with Gasteiger partial charge in [-0.15, -0.1) is 0 Å². The van der Waals surface area contributed by atoms with E-state index in [2.05, 4.69) is 11.2 Å². The van der Waals surface area contributed by atoms with E-state index in [0.29, 0.717) is 4.75 Å². The van der Waals surface area contributed by atoms with Crippen LogP contribution in [0.25, 0.3) is 0 Å². The predicted molar refractivity (Wildman–Crippen MR) is 63.2 cm³/mol. The second-order valence-corrected chi connectivity index (χ2v) is 5.84. The lowest BCUT2D eigenvalue weighted by Crippen LogP contribution is -2.39. The maximum atomic E-state index is 7.85. The van der Waals surface area contributed by atoms with Crippen LogP contribution >= 0.6 is 11.8 Å². The third kappa shape index (κ3) is 1.92. The number of amidine groups is 1. The molecule has 2 aliphatic rings. The van der Waals surface area contributed by atoms with Crippen molar-refractivity contribution in [2.75, 3.05) is 19.3 Å². The van der Waals surface area contributed by atoms with Crippen molar-refractivity contribution in [2.24, 2.45) is 0 Å². The largest absolute Gasteiger partial charge is 0.359 e. The molecule has 0 unspecified atom stereocenters. The first-order chi connectivity index (χ1) is 6.76. The minimum Gasteiger partial charge on any atom is -0.359 e. The van der Waals surface area contributed by atoms with Crippen LogP contribution in [0.15, 0.2) is 0 Å². The van der Waals surface area contributed by atoms with Crippen molar-refractivity contribution in [1.82, 2.24) is 4.90 Å². The van der Waals surface area contributed by atoms with E-state index < -0.39 is 0 Å². The molecular weight excluding hydrogens is 192 g/mol. The van der Waals surface area contributed by atoms with E-state index in [-0.39, 0.29) is 0 Å². The van der Waals surface area contributed by atoms with E-state index in [0.717, 1.165) is 25.3 Å². The molecule has 0 amide bonds. The number of hydrogen-bond donors (Lipinski definition) is 1. The molecule has 0 radical (unpaired) electrons. The smallest absolute Gasteiger partial charge is 0.0958 e. The third-order valence-electron chi connectivity index (χ3n) is 3.65. The Morgan fingerprint density at radius 2 is 2.07 bits per heavy atom. The fourth-order valence-electron chi connectivity index (χ4n) is 2.70. The first-order valence-electron chi connectivity index (χ1n) is 5.63.